The highest BCUT2D eigenvalue weighted by Crippen LogP contribution is 2.07. The van der Waals surface area contributed by atoms with Gasteiger partial charge in [0, 0.05) is 32.4 Å². The summed E-state index contributed by atoms with van der Waals surface area (Å²) in [4.78, 5) is 6.68. The molecule has 0 saturated heterocycles. The zero-order valence-corrected chi connectivity index (χ0v) is 11.1. The van der Waals surface area contributed by atoms with Crippen molar-refractivity contribution in [2.75, 3.05) is 33.9 Å². The van der Waals surface area contributed by atoms with Gasteiger partial charge in [-0.1, -0.05) is 6.07 Å². The Kier molecular flexibility index (Phi) is 6.77. The van der Waals surface area contributed by atoms with Gasteiger partial charge in [-0.25, -0.2) is 0 Å². The Hall–Kier alpha value is -0.970. The molecule has 0 fully saturated rings. The molecular formula is C13H23N3O. The lowest BCUT2D eigenvalue weighted by Gasteiger charge is -2.17. The van der Waals surface area contributed by atoms with Crippen LogP contribution in [0.25, 0.3) is 0 Å². The van der Waals surface area contributed by atoms with Crippen molar-refractivity contribution in [2.45, 2.75) is 20.0 Å². The molecule has 4 nitrogen and oxygen atoms in total. The van der Waals surface area contributed by atoms with E-state index in [0.717, 1.165) is 38.5 Å². The fraction of sp³-hybridized carbons (Fsp3) is 0.615. The Bertz CT molecular complexity index is 317. The van der Waals surface area contributed by atoms with Gasteiger partial charge < -0.3 is 10.1 Å². The fourth-order valence-corrected chi connectivity index (χ4v) is 1.66. The minimum Gasteiger partial charge on any atom is -0.380 e. The Labute approximate surface area is 104 Å². The first kappa shape index (κ1) is 14.1. The molecule has 1 aromatic heterocycles. The number of pyridine rings is 1. The van der Waals surface area contributed by atoms with Crippen LogP contribution >= 0.6 is 0 Å². The minimum absolute atomic E-state index is 0.779. The molecule has 0 spiro atoms. The van der Waals surface area contributed by atoms with Crippen LogP contribution in [-0.2, 0) is 17.8 Å². The fourth-order valence-electron chi connectivity index (χ4n) is 1.66. The largest absolute Gasteiger partial charge is 0.380 e. The normalized spacial score (nSPS) is 11.1. The number of ether oxygens (including phenoxy) is 1. The minimum atomic E-state index is 0.779. The molecule has 1 aromatic rings. The van der Waals surface area contributed by atoms with Crippen LogP contribution in [0.5, 0.6) is 0 Å². The van der Waals surface area contributed by atoms with Gasteiger partial charge in [0.25, 0.3) is 0 Å². The lowest BCUT2D eigenvalue weighted by Crippen LogP contribution is -2.24. The number of aromatic nitrogens is 1. The summed E-state index contributed by atoms with van der Waals surface area (Å²) in [5, 5.41) is 3.17. The predicted octanol–water partition coefficient (Wildman–Crippen LogP) is 1.27. The van der Waals surface area contributed by atoms with Crippen molar-refractivity contribution in [3.8, 4) is 0 Å². The van der Waals surface area contributed by atoms with Gasteiger partial charge in [-0.05, 0) is 32.6 Å². The van der Waals surface area contributed by atoms with E-state index in [1.54, 1.807) is 0 Å². The number of hydrogen-bond acceptors (Lipinski definition) is 4. The van der Waals surface area contributed by atoms with Crippen molar-refractivity contribution in [3.05, 3.63) is 29.6 Å². The highest BCUT2D eigenvalue weighted by Gasteiger charge is 2.05. The number of rotatable bonds is 8. The summed E-state index contributed by atoms with van der Waals surface area (Å²) < 4.78 is 5.35. The van der Waals surface area contributed by atoms with Crippen LogP contribution in [0.2, 0.25) is 0 Å². The van der Waals surface area contributed by atoms with Crippen molar-refractivity contribution < 1.29 is 4.74 Å². The van der Waals surface area contributed by atoms with Crippen LogP contribution < -0.4 is 5.32 Å². The Balaban J connectivity index is 2.48. The Morgan fingerprint density at radius 3 is 3.00 bits per heavy atom. The van der Waals surface area contributed by atoms with Gasteiger partial charge in [-0.15, -0.1) is 0 Å². The molecule has 96 valence electrons. The quantitative estimate of drug-likeness (QED) is 0.691. The third-order valence-corrected chi connectivity index (χ3v) is 2.59. The second-order valence-electron chi connectivity index (χ2n) is 4.07. The summed E-state index contributed by atoms with van der Waals surface area (Å²) in [6, 6.07) is 4.10. The van der Waals surface area contributed by atoms with Crippen LogP contribution in [0, 0.1) is 0 Å². The van der Waals surface area contributed by atoms with Gasteiger partial charge >= 0.3 is 0 Å². The van der Waals surface area contributed by atoms with E-state index in [1.165, 1.54) is 5.56 Å². The van der Waals surface area contributed by atoms with E-state index in [9.17, 15) is 0 Å². The van der Waals surface area contributed by atoms with Crippen molar-refractivity contribution in [2.24, 2.45) is 0 Å². The molecule has 0 aromatic carbocycles. The highest BCUT2D eigenvalue weighted by molar-refractivity contribution is 5.19. The molecule has 4 heteroatoms. The zero-order chi connectivity index (χ0) is 12.5. The molecule has 17 heavy (non-hydrogen) atoms. The predicted molar refractivity (Wildman–Crippen MR) is 69.8 cm³/mol. The average molecular weight is 237 g/mol. The summed E-state index contributed by atoms with van der Waals surface area (Å²) in [5.74, 6) is 0. The van der Waals surface area contributed by atoms with E-state index in [4.69, 9.17) is 4.74 Å². The van der Waals surface area contributed by atoms with Gasteiger partial charge in [0.1, 0.15) is 0 Å². The molecule has 1 rings (SSSR count). The molecule has 0 aliphatic carbocycles. The molecule has 0 aliphatic rings. The monoisotopic (exact) mass is 237 g/mol. The highest BCUT2D eigenvalue weighted by atomic mass is 16.5. The van der Waals surface area contributed by atoms with Crippen molar-refractivity contribution >= 4 is 0 Å². The first-order chi connectivity index (χ1) is 8.27. The molecule has 0 radical (unpaired) electrons. The van der Waals surface area contributed by atoms with Crippen LogP contribution in [0.15, 0.2) is 18.3 Å². The van der Waals surface area contributed by atoms with Gasteiger partial charge in [0.15, 0.2) is 0 Å². The smallest absolute Gasteiger partial charge is 0.0593 e. The number of hydrogen-bond donors (Lipinski definition) is 1. The molecule has 0 amide bonds. The van der Waals surface area contributed by atoms with Crippen molar-refractivity contribution in [3.63, 3.8) is 0 Å². The summed E-state index contributed by atoms with van der Waals surface area (Å²) in [6.07, 6.45) is 1.85. The van der Waals surface area contributed by atoms with E-state index in [0.29, 0.717) is 0 Å². The maximum atomic E-state index is 5.35. The maximum absolute atomic E-state index is 5.35. The van der Waals surface area contributed by atoms with Crippen LogP contribution in [0.1, 0.15) is 18.2 Å². The standard InChI is InChI=1S/C13H23N3O/c1-4-17-9-8-16(3)11-13-12(10-14-2)6-5-7-15-13/h5-7,14H,4,8-11H2,1-3H3. The van der Waals surface area contributed by atoms with Crippen molar-refractivity contribution in [1.29, 1.82) is 0 Å². The summed E-state index contributed by atoms with van der Waals surface area (Å²) in [7, 11) is 4.05. The average Bonchev–Trinajstić information content (AvgIpc) is 2.32. The molecule has 0 aliphatic heterocycles. The molecule has 0 bridgehead atoms. The third-order valence-electron chi connectivity index (χ3n) is 2.59. The Morgan fingerprint density at radius 2 is 2.29 bits per heavy atom. The summed E-state index contributed by atoms with van der Waals surface area (Å²) in [6.45, 7) is 6.24. The maximum Gasteiger partial charge on any atom is 0.0593 e. The zero-order valence-electron chi connectivity index (χ0n) is 11.1. The van der Waals surface area contributed by atoms with E-state index in [-0.39, 0.29) is 0 Å². The van der Waals surface area contributed by atoms with E-state index >= 15 is 0 Å². The second-order valence-corrected chi connectivity index (χ2v) is 4.07. The van der Waals surface area contributed by atoms with Crippen molar-refractivity contribution in [1.82, 2.24) is 15.2 Å². The van der Waals surface area contributed by atoms with E-state index < -0.39 is 0 Å². The third kappa shape index (κ3) is 5.26. The molecular weight excluding hydrogens is 214 g/mol. The topological polar surface area (TPSA) is 37.4 Å². The second kappa shape index (κ2) is 8.17. The van der Waals surface area contributed by atoms with Crippen LogP contribution in [0.4, 0.5) is 0 Å². The lowest BCUT2D eigenvalue weighted by atomic mass is 10.2. The first-order valence-corrected chi connectivity index (χ1v) is 6.11. The van der Waals surface area contributed by atoms with Gasteiger partial charge in [0.2, 0.25) is 0 Å². The van der Waals surface area contributed by atoms with Gasteiger partial charge in [-0.2, -0.15) is 0 Å². The van der Waals surface area contributed by atoms with E-state index in [1.807, 2.05) is 26.2 Å². The summed E-state index contributed by atoms with van der Waals surface area (Å²) >= 11 is 0. The SMILES string of the molecule is CCOCCN(C)Cc1ncccc1CNC. The summed E-state index contributed by atoms with van der Waals surface area (Å²) in [5.41, 5.74) is 2.40. The van der Waals surface area contributed by atoms with Gasteiger partial charge in [-0.3, -0.25) is 9.88 Å². The van der Waals surface area contributed by atoms with E-state index in [2.05, 4.69) is 28.3 Å². The molecule has 0 atom stereocenters. The molecule has 1 heterocycles. The molecule has 0 unspecified atom stereocenters. The Morgan fingerprint density at radius 1 is 1.47 bits per heavy atom. The lowest BCUT2D eigenvalue weighted by molar-refractivity contribution is 0.120. The van der Waals surface area contributed by atoms with Crippen LogP contribution in [0.3, 0.4) is 0 Å². The number of nitrogens with one attached hydrogen (secondary N) is 1. The van der Waals surface area contributed by atoms with Crippen LogP contribution in [-0.4, -0.2) is 43.7 Å². The first-order valence-electron chi connectivity index (χ1n) is 6.11. The number of nitrogens with zero attached hydrogens (tertiary/aromatic N) is 2. The van der Waals surface area contributed by atoms with Gasteiger partial charge in [0.05, 0.1) is 12.3 Å². The molecule has 1 N–H and O–H groups in total. The number of likely N-dealkylation sites (N-methyl/N-ethyl adjacent to an activating group) is 1. The molecule has 0 saturated carbocycles.